The number of Topliss-reactive ketones (excluding diaryl/α,β-unsaturated/α-hetero) is 1. The SMILES string of the molecule is CC(=O)c1ccc(NC(=O)[C@H](C)OC(=O)c2[nH]c(C)c([C@@H](C)O)c2C)cc1. The average Bonchev–Trinajstić information content (AvgIpc) is 2.89. The van der Waals surface area contributed by atoms with Crippen molar-refractivity contribution >= 4 is 23.3 Å². The van der Waals surface area contributed by atoms with Gasteiger partial charge in [0.2, 0.25) is 0 Å². The molecule has 2 atom stereocenters. The van der Waals surface area contributed by atoms with Crippen molar-refractivity contribution in [1.82, 2.24) is 4.98 Å². The van der Waals surface area contributed by atoms with Gasteiger partial charge in [0.25, 0.3) is 5.91 Å². The van der Waals surface area contributed by atoms with Crippen molar-refractivity contribution in [2.45, 2.75) is 46.8 Å². The van der Waals surface area contributed by atoms with E-state index in [1.54, 1.807) is 45.0 Å². The summed E-state index contributed by atoms with van der Waals surface area (Å²) in [5, 5.41) is 12.4. The fraction of sp³-hybridized carbons (Fsp3) is 0.350. The first kappa shape index (κ1) is 20.4. The van der Waals surface area contributed by atoms with E-state index >= 15 is 0 Å². The van der Waals surface area contributed by atoms with Crippen molar-refractivity contribution in [3.8, 4) is 0 Å². The van der Waals surface area contributed by atoms with Gasteiger partial charge in [-0.15, -0.1) is 0 Å². The molecule has 27 heavy (non-hydrogen) atoms. The number of aliphatic hydroxyl groups excluding tert-OH is 1. The number of aliphatic hydroxyl groups is 1. The lowest BCUT2D eigenvalue weighted by atomic mass is 10.1. The molecule has 0 bridgehead atoms. The van der Waals surface area contributed by atoms with E-state index < -0.39 is 24.1 Å². The van der Waals surface area contributed by atoms with Crippen LogP contribution in [-0.4, -0.2) is 33.9 Å². The number of anilines is 1. The summed E-state index contributed by atoms with van der Waals surface area (Å²) < 4.78 is 5.24. The van der Waals surface area contributed by atoms with E-state index in [2.05, 4.69) is 10.3 Å². The van der Waals surface area contributed by atoms with E-state index in [0.29, 0.717) is 28.1 Å². The van der Waals surface area contributed by atoms with Crippen LogP contribution in [0.2, 0.25) is 0 Å². The van der Waals surface area contributed by atoms with Crippen molar-refractivity contribution in [1.29, 1.82) is 0 Å². The Morgan fingerprint density at radius 1 is 1.11 bits per heavy atom. The predicted octanol–water partition coefficient (Wildman–Crippen LogP) is 3.07. The molecule has 0 fully saturated rings. The molecule has 2 rings (SSSR count). The third kappa shape index (κ3) is 4.62. The highest BCUT2D eigenvalue weighted by Gasteiger charge is 2.24. The van der Waals surface area contributed by atoms with Crippen molar-refractivity contribution in [2.24, 2.45) is 0 Å². The number of hydrogen-bond acceptors (Lipinski definition) is 5. The number of carbonyl (C=O) groups is 3. The number of amides is 1. The Labute approximate surface area is 157 Å². The number of benzene rings is 1. The molecule has 7 nitrogen and oxygen atoms in total. The van der Waals surface area contributed by atoms with Gasteiger partial charge < -0.3 is 20.1 Å². The summed E-state index contributed by atoms with van der Waals surface area (Å²) in [6.07, 6.45) is -1.75. The van der Waals surface area contributed by atoms with Crippen LogP contribution >= 0.6 is 0 Å². The van der Waals surface area contributed by atoms with E-state index in [-0.39, 0.29) is 11.5 Å². The van der Waals surface area contributed by atoms with Crippen molar-refractivity contribution < 1.29 is 24.2 Å². The van der Waals surface area contributed by atoms with E-state index in [4.69, 9.17) is 4.74 Å². The summed E-state index contributed by atoms with van der Waals surface area (Å²) in [5.41, 5.74) is 3.17. The maximum Gasteiger partial charge on any atom is 0.355 e. The average molecular weight is 372 g/mol. The smallest absolute Gasteiger partial charge is 0.355 e. The molecule has 1 heterocycles. The Balaban J connectivity index is 2.04. The van der Waals surface area contributed by atoms with Gasteiger partial charge in [-0.2, -0.15) is 0 Å². The van der Waals surface area contributed by atoms with Gasteiger partial charge in [0.15, 0.2) is 11.9 Å². The van der Waals surface area contributed by atoms with Crippen LogP contribution in [0.25, 0.3) is 0 Å². The molecule has 0 radical (unpaired) electrons. The minimum atomic E-state index is -1.03. The first-order valence-corrected chi connectivity index (χ1v) is 8.61. The minimum absolute atomic E-state index is 0.0663. The number of H-pyrrole nitrogens is 1. The van der Waals surface area contributed by atoms with Gasteiger partial charge in [-0.25, -0.2) is 4.79 Å². The fourth-order valence-corrected chi connectivity index (χ4v) is 2.90. The zero-order valence-corrected chi connectivity index (χ0v) is 16.0. The molecule has 7 heteroatoms. The molecule has 1 aromatic heterocycles. The van der Waals surface area contributed by atoms with Gasteiger partial charge in [0.1, 0.15) is 5.69 Å². The van der Waals surface area contributed by atoms with Crippen LogP contribution in [0.4, 0.5) is 5.69 Å². The predicted molar refractivity (Wildman–Crippen MR) is 101 cm³/mol. The molecule has 144 valence electrons. The molecular weight excluding hydrogens is 348 g/mol. The molecule has 0 aliphatic rings. The molecule has 0 unspecified atom stereocenters. The molecule has 2 aromatic rings. The summed E-state index contributed by atoms with van der Waals surface area (Å²) >= 11 is 0. The third-order valence-electron chi connectivity index (χ3n) is 4.33. The number of nitrogens with one attached hydrogen (secondary N) is 2. The second-order valence-electron chi connectivity index (χ2n) is 6.51. The Morgan fingerprint density at radius 2 is 1.70 bits per heavy atom. The summed E-state index contributed by atoms with van der Waals surface area (Å²) in [7, 11) is 0. The van der Waals surface area contributed by atoms with Gasteiger partial charge in [-0.3, -0.25) is 9.59 Å². The number of hydrogen-bond donors (Lipinski definition) is 3. The van der Waals surface area contributed by atoms with Gasteiger partial charge >= 0.3 is 5.97 Å². The summed E-state index contributed by atoms with van der Waals surface area (Å²) in [4.78, 5) is 38.8. The zero-order chi connectivity index (χ0) is 20.3. The third-order valence-corrected chi connectivity index (χ3v) is 4.33. The Hall–Kier alpha value is -2.93. The van der Waals surface area contributed by atoms with Crippen LogP contribution in [0.1, 0.15) is 64.5 Å². The number of ketones is 1. The lowest BCUT2D eigenvalue weighted by Gasteiger charge is -2.14. The number of ether oxygens (including phenoxy) is 1. The normalized spacial score (nSPS) is 13.0. The van der Waals surface area contributed by atoms with Crippen LogP contribution in [0, 0.1) is 13.8 Å². The van der Waals surface area contributed by atoms with Crippen LogP contribution in [0.5, 0.6) is 0 Å². The largest absolute Gasteiger partial charge is 0.448 e. The molecule has 3 N–H and O–H groups in total. The Bertz CT molecular complexity index is 865. The highest BCUT2D eigenvalue weighted by molar-refractivity contribution is 5.98. The lowest BCUT2D eigenvalue weighted by molar-refractivity contribution is -0.123. The van der Waals surface area contributed by atoms with Crippen LogP contribution < -0.4 is 5.32 Å². The van der Waals surface area contributed by atoms with Crippen LogP contribution in [0.15, 0.2) is 24.3 Å². The Kier molecular flexibility index (Phi) is 6.17. The summed E-state index contributed by atoms with van der Waals surface area (Å²) in [6.45, 7) is 8.02. The summed E-state index contributed by atoms with van der Waals surface area (Å²) in [6, 6.07) is 6.43. The maximum absolute atomic E-state index is 12.4. The van der Waals surface area contributed by atoms with Crippen molar-refractivity contribution in [3.05, 3.63) is 52.3 Å². The monoisotopic (exact) mass is 372 g/mol. The van der Waals surface area contributed by atoms with E-state index in [9.17, 15) is 19.5 Å². The number of carbonyl (C=O) groups excluding carboxylic acids is 3. The zero-order valence-electron chi connectivity index (χ0n) is 16.0. The quantitative estimate of drug-likeness (QED) is 0.533. The number of aromatic amines is 1. The second kappa shape index (κ2) is 8.18. The lowest BCUT2D eigenvalue weighted by Crippen LogP contribution is -2.30. The first-order valence-electron chi connectivity index (χ1n) is 8.61. The minimum Gasteiger partial charge on any atom is -0.448 e. The molecule has 1 amide bonds. The molecule has 0 aliphatic heterocycles. The maximum atomic E-state index is 12.4. The fourth-order valence-electron chi connectivity index (χ4n) is 2.90. The van der Waals surface area contributed by atoms with Crippen molar-refractivity contribution in [2.75, 3.05) is 5.32 Å². The van der Waals surface area contributed by atoms with Gasteiger partial charge in [0.05, 0.1) is 6.10 Å². The van der Waals surface area contributed by atoms with Crippen LogP contribution in [0.3, 0.4) is 0 Å². The molecular formula is C20H24N2O5. The van der Waals surface area contributed by atoms with Gasteiger partial charge in [-0.05, 0) is 64.4 Å². The van der Waals surface area contributed by atoms with E-state index in [1.165, 1.54) is 13.8 Å². The second-order valence-corrected chi connectivity index (χ2v) is 6.51. The molecule has 0 saturated heterocycles. The molecule has 0 spiro atoms. The van der Waals surface area contributed by atoms with E-state index in [1.807, 2.05) is 0 Å². The molecule has 0 saturated carbocycles. The number of aromatic nitrogens is 1. The molecule has 1 aromatic carbocycles. The summed E-state index contributed by atoms with van der Waals surface area (Å²) in [5.74, 6) is -1.23. The molecule has 0 aliphatic carbocycles. The van der Waals surface area contributed by atoms with Gasteiger partial charge in [-0.1, -0.05) is 0 Å². The first-order chi connectivity index (χ1) is 12.6. The highest BCUT2D eigenvalue weighted by Crippen LogP contribution is 2.25. The van der Waals surface area contributed by atoms with Crippen LogP contribution in [-0.2, 0) is 9.53 Å². The van der Waals surface area contributed by atoms with Gasteiger partial charge in [0, 0.05) is 22.5 Å². The number of rotatable bonds is 6. The standard InChI is InChI=1S/C20H24N2O5/c1-10-17(13(4)24)11(2)21-18(10)20(26)27-14(5)19(25)22-16-8-6-15(7-9-16)12(3)23/h6-9,13-14,21,24H,1-5H3,(H,22,25)/t13-,14+/m1/s1. The Morgan fingerprint density at radius 3 is 2.19 bits per heavy atom. The number of aryl methyl sites for hydroxylation is 1. The van der Waals surface area contributed by atoms with E-state index in [0.717, 1.165) is 0 Å². The highest BCUT2D eigenvalue weighted by atomic mass is 16.5. The van der Waals surface area contributed by atoms with Crippen molar-refractivity contribution in [3.63, 3.8) is 0 Å². The topological polar surface area (TPSA) is 108 Å². The number of esters is 1.